The standard InChI is InChI=1S/C13H20F4OSSi/c1-4-20(5-2,6-3)18-11(10-8-7-9-19-10)13(16,17)12(14)15/h7-9,11-12H,4-6H2,1-3H3. The predicted octanol–water partition coefficient (Wildman–Crippen LogP) is 5.71. The highest BCUT2D eigenvalue weighted by Gasteiger charge is 2.53. The third-order valence-corrected chi connectivity index (χ3v) is 9.26. The zero-order valence-corrected chi connectivity index (χ0v) is 13.7. The van der Waals surface area contributed by atoms with Crippen LogP contribution in [0.2, 0.25) is 18.1 Å². The molecule has 0 amide bonds. The van der Waals surface area contributed by atoms with E-state index in [2.05, 4.69) is 0 Å². The van der Waals surface area contributed by atoms with Crippen molar-refractivity contribution in [3.63, 3.8) is 0 Å². The van der Waals surface area contributed by atoms with Crippen LogP contribution in [0.15, 0.2) is 17.5 Å². The van der Waals surface area contributed by atoms with Crippen molar-refractivity contribution in [1.29, 1.82) is 0 Å². The fraction of sp³-hybridized carbons (Fsp3) is 0.692. The van der Waals surface area contributed by atoms with Crippen LogP contribution in [0.4, 0.5) is 17.6 Å². The molecule has 0 aliphatic carbocycles. The highest BCUT2D eigenvalue weighted by molar-refractivity contribution is 7.10. The summed E-state index contributed by atoms with van der Waals surface area (Å²) in [7, 11) is -2.40. The molecule has 0 aromatic carbocycles. The molecule has 7 heteroatoms. The van der Waals surface area contributed by atoms with Gasteiger partial charge < -0.3 is 4.43 Å². The van der Waals surface area contributed by atoms with Crippen LogP contribution in [0.25, 0.3) is 0 Å². The number of rotatable bonds is 8. The summed E-state index contributed by atoms with van der Waals surface area (Å²) in [4.78, 5) is 0.169. The molecule has 0 saturated heterocycles. The summed E-state index contributed by atoms with van der Waals surface area (Å²) in [6.45, 7) is 5.64. The summed E-state index contributed by atoms with van der Waals surface area (Å²) in [5.41, 5.74) is 0. The lowest BCUT2D eigenvalue weighted by Crippen LogP contribution is -2.44. The van der Waals surface area contributed by atoms with Crippen molar-refractivity contribution in [2.45, 2.75) is 57.4 Å². The van der Waals surface area contributed by atoms with Gasteiger partial charge in [-0.15, -0.1) is 11.3 Å². The zero-order chi connectivity index (χ0) is 15.4. The first-order chi connectivity index (χ1) is 9.33. The van der Waals surface area contributed by atoms with Crippen molar-refractivity contribution in [1.82, 2.24) is 0 Å². The van der Waals surface area contributed by atoms with Gasteiger partial charge in [0.25, 0.3) is 0 Å². The maximum atomic E-state index is 13.9. The summed E-state index contributed by atoms with van der Waals surface area (Å²) in [5.74, 6) is -4.16. The van der Waals surface area contributed by atoms with Gasteiger partial charge in [0.1, 0.15) is 6.10 Å². The fourth-order valence-corrected chi connectivity index (χ4v) is 5.80. The third-order valence-electron chi connectivity index (χ3n) is 3.74. The predicted molar refractivity (Wildman–Crippen MR) is 76.3 cm³/mol. The van der Waals surface area contributed by atoms with E-state index in [9.17, 15) is 17.6 Å². The molecule has 1 atom stereocenters. The quantitative estimate of drug-likeness (QED) is 0.438. The molecule has 0 radical (unpaired) electrons. The minimum absolute atomic E-state index is 0.169. The lowest BCUT2D eigenvalue weighted by Gasteiger charge is -2.36. The van der Waals surface area contributed by atoms with E-state index in [1.165, 1.54) is 6.07 Å². The van der Waals surface area contributed by atoms with Gasteiger partial charge in [0, 0.05) is 4.88 Å². The van der Waals surface area contributed by atoms with Gasteiger partial charge in [-0.25, -0.2) is 8.78 Å². The van der Waals surface area contributed by atoms with Gasteiger partial charge in [0.2, 0.25) is 0 Å². The Bertz CT molecular complexity index is 385. The SMILES string of the molecule is CC[Si](CC)(CC)OC(c1cccs1)C(F)(F)C(F)F. The van der Waals surface area contributed by atoms with Gasteiger partial charge in [-0.2, -0.15) is 8.78 Å². The number of halogens is 4. The fourth-order valence-electron chi connectivity index (χ4n) is 2.13. The molecule has 0 saturated carbocycles. The molecule has 0 N–H and O–H groups in total. The van der Waals surface area contributed by atoms with Crippen LogP contribution in [0.1, 0.15) is 31.8 Å². The Labute approximate surface area is 122 Å². The van der Waals surface area contributed by atoms with Gasteiger partial charge in [0.15, 0.2) is 8.32 Å². The number of hydrogen-bond acceptors (Lipinski definition) is 2. The van der Waals surface area contributed by atoms with Crippen molar-refractivity contribution in [3.8, 4) is 0 Å². The Balaban J connectivity index is 3.13. The van der Waals surface area contributed by atoms with Gasteiger partial charge in [-0.3, -0.25) is 0 Å². The second-order valence-electron chi connectivity index (χ2n) is 4.73. The third kappa shape index (κ3) is 3.62. The van der Waals surface area contributed by atoms with Crippen LogP contribution in [-0.4, -0.2) is 20.7 Å². The zero-order valence-electron chi connectivity index (χ0n) is 11.8. The largest absolute Gasteiger partial charge is 0.403 e. The van der Waals surface area contributed by atoms with Gasteiger partial charge in [-0.05, 0) is 29.6 Å². The maximum Gasteiger partial charge on any atom is 0.336 e. The van der Waals surface area contributed by atoms with E-state index in [1.54, 1.807) is 11.4 Å². The molecule has 1 unspecified atom stereocenters. The lowest BCUT2D eigenvalue weighted by atomic mass is 10.1. The van der Waals surface area contributed by atoms with Crippen LogP contribution in [0.3, 0.4) is 0 Å². The Morgan fingerprint density at radius 3 is 2.10 bits per heavy atom. The smallest absolute Gasteiger partial charge is 0.336 e. The first-order valence-corrected chi connectivity index (χ1v) is 10.1. The molecule has 1 rings (SSSR count). The first-order valence-electron chi connectivity index (χ1n) is 6.70. The second-order valence-corrected chi connectivity index (χ2v) is 10.4. The Hall–Kier alpha value is -0.403. The van der Waals surface area contributed by atoms with Crippen LogP contribution in [-0.2, 0) is 4.43 Å². The van der Waals surface area contributed by atoms with Crippen molar-refractivity contribution in [3.05, 3.63) is 22.4 Å². The Kier molecular flexibility index (Phi) is 6.21. The van der Waals surface area contributed by atoms with Crippen molar-refractivity contribution < 1.29 is 22.0 Å². The molecular weight excluding hydrogens is 308 g/mol. The van der Waals surface area contributed by atoms with Crippen molar-refractivity contribution >= 4 is 19.7 Å². The van der Waals surface area contributed by atoms with Gasteiger partial charge in [-0.1, -0.05) is 26.8 Å². The molecule has 1 aromatic heterocycles. The van der Waals surface area contributed by atoms with E-state index in [0.29, 0.717) is 18.1 Å². The first kappa shape index (κ1) is 17.6. The van der Waals surface area contributed by atoms with E-state index in [-0.39, 0.29) is 4.88 Å². The molecule has 0 bridgehead atoms. The van der Waals surface area contributed by atoms with Gasteiger partial charge in [0.05, 0.1) is 0 Å². The minimum atomic E-state index is -4.16. The summed E-state index contributed by atoms with van der Waals surface area (Å²) >= 11 is 1.03. The molecule has 116 valence electrons. The van der Waals surface area contributed by atoms with Gasteiger partial charge >= 0.3 is 12.3 Å². The molecule has 0 aliphatic heterocycles. The molecule has 0 spiro atoms. The average Bonchev–Trinajstić information content (AvgIpc) is 2.94. The van der Waals surface area contributed by atoms with E-state index in [1.807, 2.05) is 20.8 Å². The summed E-state index contributed by atoms with van der Waals surface area (Å²) in [6, 6.07) is 4.93. The summed E-state index contributed by atoms with van der Waals surface area (Å²) in [6.07, 6.45) is -5.57. The molecule has 1 nitrogen and oxygen atoms in total. The highest BCUT2D eigenvalue weighted by Crippen LogP contribution is 2.44. The molecular formula is C13H20F4OSSi. The maximum absolute atomic E-state index is 13.9. The summed E-state index contributed by atoms with van der Waals surface area (Å²) in [5, 5.41) is 1.60. The molecule has 1 heterocycles. The van der Waals surface area contributed by atoms with E-state index in [4.69, 9.17) is 4.43 Å². The highest BCUT2D eigenvalue weighted by atomic mass is 32.1. The lowest BCUT2D eigenvalue weighted by molar-refractivity contribution is -0.188. The number of alkyl halides is 4. The van der Waals surface area contributed by atoms with Crippen LogP contribution < -0.4 is 0 Å². The normalized spacial score (nSPS) is 14.8. The minimum Gasteiger partial charge on any atom is -0.403 e. The molecule has 0 aliphatic rings. The second kappa shape index (κ2) is 7.04. The van der Waals surface area contributed by atoms with Crippen LogP contribution >= 0.6 is 11.3 Å². The van der Waals surface area contributed by atoms with E-state index in [0.717, 1.165) is 11.3 Å². The van der Waals surface area contributed by atoms with E-state index < -0.39 is 26.8 Å². The average molecular weight is 328 g/mol. The summed E-state index contributed by atoms with van der Waals surface area (Å²) < 4.78 is 58.9. The van der Waals surface area contributed by atoms with Crippen molar-refractivity contribution in [2.24, 2.45) is 0 Å². The Morgan fingerprint density at radius 1 is 1.20 bits per heavy atom. The molecule has 0 fully saturated rings. The van der Waals surface area contributed by atoms with E-state index >= 15 is 0 Å². The molecule has 1 aromatic rings. The van der Waals surface area contributed by atoms with Crippen LogP contribution in [0, 0.1) is 0 Å². The number of thiophene rings is 1. The molecule has 20 heavy (non-hydrogen) atoms. The Morgan fingerprint density at radius 2 is 1.75 bits per heavy atom. The van der Waals surface area contributed by atoms with Crippen LogP contribution in [0.5, 0.6) is 0 Å². The monoisotopic (exact) mass is 328 g/mol. The topological polar surface area (TPSA) is 9.23 Å². The number of hydrogen-bond donors (Lipinski definition) is 0. The van der Waals surface area contributed by atoms with Crippen molar-refractivity contribution in [2.75, 3.05) is 0 Å².